The molecule has 0 saturated carbocycles. The predicted molar refractivity (Wildman–Crippen MR) is 80.1 cm³/mol. The van der Waals surface area contributed by atoms with Crippen molar-refractivity contribution in [2.75, 3.05) is 5.32 Å². The molecule has 2 heterocycles. The SMILES string of the molecule is Cc1cc(C(C)Nc2ncc(C(F)(F)F)cc2Cl)c(C)s1. The van der Waals surface area contributed by atoms with Crippen LogP contribution in [0.4, 0.5) is 19.0 Å². The third kappa shape index (κ3) is 3.68. The first-order valence-electron chi connectivity index (χ1n) is 6.24. The minimum absolute atomic E-state index is 0.0405. The molecule has 1 atom stereocenters. The lowest BCUT2D eigenvalue weighted by molar-refractivity contribution is -0.137. The summed E-state index contributed by atoms with van der Waals surface area (Å²) in [6, 6.07) is 2.85. The molecule has 7 heteroatoms. The summed E-state index contributed by atoms with van der Waals surface area (Å²) in [6.07, 6.45) is -3.66. The third-order valence-corrected chi connectivity index (χ3v) is 4.34. The number of hydrogen-bond acceptors (Lipinski definition) is 3. The number of aromatic nitrogens is 1. The Morgan fingerprint density at radius 1 is 1.29 bits per heavy atom. The van der Waals surface area contributed by atoms with Crippen LogP contribution in [0.15, 0.2) is 18.3 Å². The molecule has 0 spiro atoms. The summed E-state index contributed by atoms with van der Waals surface area (Å²) in [4.78, 5) is 6.13. The molecule has 0 amide bonds. The number of rotatable bonds is 3. The van der Waals surface area contributed by atoms with E-state index >= 15 is 0 Å². The van der Waals surface area contributed by atoms with E-state index in [4.69, 9.17) is 11.6 Å². The van der Waals surface area contributed by atoms with Gasteiger partial charge in [0, 0.05) is 16.0 Å². The second kappa shape index (κ2) is 5.85. The highest BCUT2D eigenvalue weighted by atomic mass is 35.5. The molecule has 1 unspecified atom stereocenters. The lowest BCUT2D eigenvalue weighted by atomic mass is 10.1. The van der Waals surface area contributed by atoms with Gasteiger partial charge in [0.1, 0.15) is 5.82 Å². The molecule has 21 heavy (non-hydrogen) atoms. The molecule has 2 aromatic rings. The number of anilines is 1. The number of pyridine rings is 1. The summed E-state index contributed by atoms with van der Waals surface area (Å²) in [5.74, 6) is 0.250. The molecule has 0 saturated heterocycles. The van der Waals surface area contributed by atoms with Crippen LogP contribution in [0.3, 0.4) is 0 Å². The zero-order valence-electron chi connectivity index (χ0n) is 11.7. The standard InChI is InChI=1S/C14H14ClF3N2S/c1-7-4-11(9(3)21-7)8(2)20-13-12(15)5-10(6-19-13)14(16,17)18/h4-6,8H,1-3H3,(H,19,20). The summed E-state index contributed by atoms with van der Waals surface area (Å²) in [5.41, 5.74) is 0.239. The van der Waals surface area contributed by atoms with Crippen LogP contribution in [0.5, 0.6) is 0 Å². The van der Waals surface area contributed by atoms with E-state index < -0.39 is 11.7 Å². The van der Waals surface area contributed by atoms with E-state index in [0.29, 0.717) is 0 Å². The van der Waals surface area contributed by atoms with Crippen LogP contribution in [0.2, 0.25) is 5.02 Å². The van der Waals surface area contributed by atoms with Gasteiger partial charge in [-0.15, -0.1) is 11.3 Å². The van der Waals surface area contributed by atoms with E-state index in [-0.39, 0.29) is 16.9 Å². The van der Waals surface area contributed by atoms with Gasteiger partial charge in [-0.25, -0.2) is 4.98 Å². The van der Waals surface area contributed by atoms with Gasteiger partial charge in [0.05, 0.1) is 16.6 Å². The summed E-state index contributed by atoms with van der Waals surface area (Å²) in [5, 5.41) is 3.02. The lowest BCUT2D eigenvalue weighted by Crippen LogP contribution is -2.11. The van der Waals surface area contributed by atoms with Gasteiger partial charge in [-0.05, 0) is 38.5 Å². The van der Waals surface area contributed by atoms with Crippen LogP contribution in [0, 0.1) is 13.8 Å². The topological polar surface area (TPSA) is 24.9 Å². The van der Waals surface area contributed by atoms with Gasteiger partial charge in [0.25, 0.3) is 0 Å². The molecule has 2 nitrogen and oxygen atoms in total. The Balaban J connectivity index is 2.22. The molecule has 0 aliphatic rings. The number of alkyl halides is 3. The van der Waals surface area contributed by atoms with Crippen LogP contribution in [-0.2, 0) is 6.18 Å². The Labute approximate surface area is 130 Å². The Kier molecular flexibility index (Phi) is 4.49. The van der Waals surface area contributed by atoms with Gasteiger partial charge in [0.15, 0.2) is 0 Å². The van der Waals surface area contributed by atoms with Crippen molar-refractivity contribution in [1.82, 2.24) is 4.98 Å². The average molecular weight is 335 g/mol. The summed E-state index contributed by atoms with van der Waals surface area (Å²) >= 11 is 7.57. The second-order valence-electron chi connectivity index (χ2n) is 4.79. The Morgan fingerprint density at radius 2 is 1.95 bits per heavy atom. The molecule has 2 rings (SSSR count). The molecule has 0 bridgehead atoms. The number of halogens is 4. The molecule has 0 aliphatic carbocycles. The Bertz CT molecular complexity index is 652. The smallest absolute Gasteiger partial charge is 0.362 e. The fourth-order valence-corrected chi connectivity index (χ4v) is 3.31. The van der Waals surface area contributed by atoms with Crippen LogP contribution in [0.1, 0.15) is 33.8 Å². The minimum Gasteiger partial charge on any atom is -0.362 e. The zero-order chi connectivity index (χ0) is 15.8. The molecule has 0 aliphatic heterocycles. The molecular formula is C14H14ClF3N2S. The fraction of sp³-hybridized carbons (Fsp3) is 0.357. The molecule has 2 aromatic heterocycles. The van der Waals surface area contributed by atoms with Gasteiger partial charge in [0.2, 0.25) is 0 Å². The van der Waals surface area contributed by atoms with Crippen molar-refractivity contribution in [3.8, 4) is 0 Å². The molecule has 0 radical (unpaired) electrons. The molecule has 0 aromatic carbocycles. The number of nitrogens with one attached hydrogen (secondary N) is 1. The van der Waals surface area contributed by atoms with E-state index in [1.54, 1.807) is 11.3 Å². The molecular weight excluding hydrogens is 321 g/mol. The van der Waals surface area contributed by atoms with Crippen LogP contribution < -0.4 is 5.32 Å². The summed E-state index contributed by atoms with van der Waals surface area (Å²) in [6.45, 7) is 5.94. The first-order valence-corrected chi connectivity index (χ1v) is 7.44. The quantitative estimate of drug-likeness (QED) is 0.789. The van der Waals surface area contributed by atoms with Crippen molar-refractivity contribution in [2.45, 2.75) is 33.0 Å². The predicted octanol–water partition coefficient (Wildman–Crippen LogP) is 5.61. The third-order valence-electron chi connectivity index (χ3n) is 3.07. The average Bonchev–Trinajstić information content (AvgIpc) is 2.69. The molecule has 114 valence electrons. The van der Waals surface area contributed by atoms with Crippen LogP contribution >= 0.6 is 22.9 Å². The zero-order valence-corrected chi connectivity index (χ0v) is 13.2. The van der Waals surface area contributed by atoms with E-state index in [1.165, 1.54) is 4.88 Å². The molecule has 0 fully saturated rings. The van der Waals surface area contributed by atoms with Crippen molar-refractivity contribution in [2.24, 2.45) is 0 Å². The second-order valence-corrected chi connectivity index (χ2v) is 6.65. The highest BCUT2D eigenvalue weighted by molar-refractivity contribution is 7.12. The first-order chi connectivity index (χ1) is 9.68. The number of hydrogen-bond donors (Lipinski definition) is 1. The van der Waals surface area contributed by atoms with Gasteiger partial charge >= 0.3 is 6.18 Å². The Hall–Kier alpha value is -1.27. The lowest BCUT2D eigenvalue weighted by Gasteiger charge is -2.16. The highest BCUT2D eigenvalue weighted by Gasteiger charge is 2.31. The van der Waals surface area contributed by atoms with E-state index in [0.717, 1.165) is 22.7 Å². The fourth-order valence-electron chi connectivity index (χ4n) is 2.06. The van der Waals surface area contributed by atoms with Crippen molar-refractivity contribution in [1.29, 1.82) is 0 Å². The molecule has 1 N–H and O–H groups in total. The maximum Gasteiger partial charge on any atom is 0.417 e. The van der Waals surface area contributed by atoms with E-state index in [9.17, 15) is 13.2 Å². The Morgan fingerprint density at radius 3 is 2.43 bits per heavy atom. The highest BCUT2D eigenvalue weighted by Crippen LogP contribution is 2.34. The van der Waals surface area contributed by atoms with E-state index in [1.807, 2.05) is 20.8 Å². The van der Waals surface area contributed by atoms with Gasteiger partial charge in [-0.1, -0.05) is 11.6 Å². The number of nitrogens with zero attached hydrogens (tertiary/aromatic N) is 1. The largest absolute Gasteiger partial charge is 0.417 e. The van der Waals surface area contributed by atoms with Crippen LogP contribution in [-0.4, -0.2) is 4.98 Å². The number of aryl methyl sites for hydroxylation is 2. The summed E-state index contributed by atoms with van der Waals surface area (Å²) in [7, 11) is 0. The van der Waals surface area contributed by atoms with Gasteiger partial charge in [-0.2, -0.15) is 13.2 Å². The monoisotopic (exact) mass is 334 g/mol. The number of thiophene rings is 1. The van der Waals surface area contributed by atoms with Crippen molar-refractivity contribution >= 4 is 28.8 Å². The van der Waals surface area contributed by atoms with Gasteiger partial charge in [-0.3, -0.25) is 0 Å². The van der Waals surface area contributed by atoms with Crippen molar-refractivity contribution < 1.29 is 13.2 Å². The van der Waals surface area contributed by atoms with Gasteiger partial charge < -0.3 is 5.32 Å². The maximum atomic E-state index is 12.6. The first kappa shape index (κ1) is 16.1. The minimum atomic E-state index is -4.44. The van der Waals surface area contributed by atoms with E-state index in [2.05, 4.69) is 16.4 Å². The van der Waals surface area contributed by atoms with Crippen LogP contribution in [0.25, 0.3) is 0 Å². The summed E-state index contributed by atoms with van der Waals surface area (Å²) < 4.78 is 37.7. The van der Waals surface area contributed by atoms with Crippen molar-refractivity contribution in [3.63, 3.8) is 0 Å². The van der Waals surface area contributed by atoms with Crippen molar-refractivity contribution in [3.05, 3.63) is 44.2 Å². The normalized spacial score (nSPS) is 13.3. The maximum absolute atomic E-state index is 12.6.